The van der Waals surface area contributed by atoms with Crippen LogP contribution in [0.25, 0.3) is 22.2 Å². The fraction of sp³-hybridized carbons (Fsp3) is 0.400. The van der Waals surface area contributed by atoms with Crippen molar-refractivity contribution in [3.05, 3.63) is 70.4 Å². The standard InChI is InChI=1S/C30H34N4O3S/c1-36-16-15-34-13-10-25(11-14-34)37-24-7-4-21(5-8-24)29-26-18-22(6-9-27(26)32-33-29)30(35)31-28(20-2-3-20)23-12-17-38-19-23/h4-9,12,17-20,25,28H,2-3,10-11,13-16H2,1H3,(H,31,35)(H,32,33)/t28-/m0/s1. The van der Waals surface area contributed by atoms with E-state index >= 15 is 0 Å². The first-order valence-electron chi connectivity index (χ1n) is 13.5. The highest BCUT2D eigenvalue weighted by Gasteiger charge is 2.34. The third-order valence-corrected chi connectivity index (χ3v) is 8.39. The minimum Gasteiger partial charge on any atom is -0.490 e. The number of hydrogen-bond acceptors (Lipinski definition) is 6. The van der Waals surface area contributed by atoms with Gasteiger partial charge in [-0.2, -0.15) is 16.4 Å². The highest BCUT2D eigenvalue weighted by molar-refractivity contribution is 7.08. The SMILES string of the molecule is COCCN1CCC(Oc2ccc(-c3n[nH]c4ccc(C(=O)N[C@H](c5ccsc5)C5CC5)cc34)cc2)CC1. The van der Waals surface area contributed by atoms with Crippen molar-refractivity contribution in [2.45, 2.75) is 37.8 Å². The van der Waals surface area contributed by atoms with Crippen molar-refractivity contribution in [3.63, 3.8) is 0 Å². The number of benzene rings is 2. The summed E-state index contributed by atoms with van der Waals surface area (Å²) in [4.78, 5) is 15.7. The number of ether oxygens (including phenoxy) is 2. The lowest BCUT2D eigenvalue weighted by Crippen LogP contribution is -2.39. The van der Waals surface area contributed by atoms with Crippen molar-refractivity contribution >= 4 is 28.1 Å². The van der Waals surface area contributed by atoms with Gasteiger partial charge >= 0.3 is 0 Å². The number of amides is 1. The van der Waals surface area contributed by atoms with Gasteiger partial charge in [0.2, 0.25) is 0 Å². The minimum absolute atomic E-state index is 0.0424. The molecule has 0 unspecified atom stereocenters. The molecule has 0 spiro atoms. The molecule has 7 nitrogen and oxygen atoms in total. The first kappa shape index (κ1) is 25.1. The largest absolute Gasteiger partial charge is 0.490 e. The smallest absolute Gasteiger partial charge is 0.251 e. The maximum Gasteiger partial charge on any atom is 0.251 e. The second-order valence-corrected chi connectivity index (χ2v) is 11.1. The zero-order valence-electron chi connectivity index (χ0n) is 21.7. The van der Waals surface area contributed by atoms with E-state index in [9.17, 15) is 4.79 Å². The van der Waals surface area contributed by atoms with Gasteiger partial charge in [-0.25, -0.2) is 0 Å². The summed E-state index contributed by atoms with van der Waals surface area (Å²) >= 11 is 1.67. The molecular formula is C30H34N4O3S. The molecule has 2 N–H and O–H groups in total. The first-order valence-corrected chi connectivity index (χ1v) is 14.4. The Kier molecular flexibility index (Phi) is 7.44. The Bertz CT molecular complexity index is 1360. The van der Waals surface area contributed by atoms with E-state index in [1.807, 2.05) is 42.5 Å². The molecule has 2 aromatic heterocycles. The average molecular weight is 531 g/mol. The van der Waals surface area contributed by atoms with Crippen LogP contribution in [0.15, 0.2) is 59.3 Å². The van der Waals surface area contributed by atoms with Crippen molar-refractivity contribution in [2.75, 3.05) is 33.4 Å². The van der Waals surface area contributed by atoms with Crippen molar-refractivity contribution in [3.8, 4) is 17.0 Å². The molecule has 1 amide bonds. The summed E-state index contributed by atoms with van der Waals surface area (Å²) in [6.07, 6.45) is 4.61. The molecule has 2 aliphatic rings. The van der Waals surface area contributed by atoms with Gasteiger partial charge in [0, 0.05) is 43.3 Å². The highest BCUT2D eigenvalue weighted by atomic mass is 32.1. The van der Waals surface area contributed by atoms with E-state index in [0.29, 0.717) is 11.5 Å². The lowest BCUT2D eigenvalue weighted by Gasteiger charge is -2.31. The summed E-state index contributed by atoms with van der Waals surface area (Å²) in [6.45, 7) is 3.83. The number of carbonyl (C=O) groups excluding carboxylic acids is 1. The highest BCUT2D eigenvalue weighted by Crippen LogP contribution is 2.41. The summed E-state index contributed by atoms with van der Waals surface area (Å²) < 4.78 is 11.5. The van der Waals surface area contributed by atoms with Crippen LogP contribution >= 0.6 is 11.3 Å². The molecule has 38 heavy (non-hydrogen) atoms. The van der Waals surface area contributed by atoms with Crippen LogP contribution in [0.5, 0.6) is 5.75 Å². The molecule has 0 bridgehead atoms. The summed E-state index contributed by atoms with van der Waals surface area (Å²) in [5.74, 6) is 1.37. The molecule has 8 heteroatoms. The van der Waals surface area contributed by atoms with Gasteiger partial charge in [0.15, 0.2) is 0 Å². The number of nitrogens with zero attached hydrogens (tertiary/aromatic N) is 2. The second-order valence-electron chi connectivity index (χ2n) is 10.4. The molecule has 0 radical (unpaired) electrons. The Labute approximate surface area is 227 Å². The van der Waals surface area contributed by atoms with Gasteiger partial charge in [-0.15, -0.1) is 0 Å². The van der Waals surface area contributed by atoms with E-state index in [0.717, 1.165) is 67.0 Å². The molecule has 1 atom stereocenters. The van der Waals surface area contributed by atoms with E-state index in [2.05, 4.69) is 37.2 Å². The predicted molar refractivity (Wildman–Crippen MR) is 151 cm³/mol. The van der Waals surface area contributed by atoms with Crippen LogP contribution in [0.3, 0.4) is 0 Å². The Morgan fingerprint density at radius 1 is 1.13 bits per heavy atom. The molecule has 2 aromatic carbocycles. The number of thiophene rings is 1. The predicted octanol–water partition coefficient (Wildman–Crippen LogP) is 5.66. The fourth-order valence-electron chi connectivity index (χ4n) is 5.31. The molecule has 1 aliphatic heterocycles. The van der Waals surface area contributed by atoms with Crippen LogP contribution in [0, 0.1) is 5.92 Å². The van der Waals surface area contributed by atoms with Gasteiger partial charge in [-0.05, 0) is 96.5 Å². The van der Waals surface area contributed by atoms with Crippen LogP contribution in [-0.2, 0) is 4.74 Å². The molecule has 2 fully saturated rings. The number of methoxy groups -OCH3 is 1. The first-order chi connectivity index (χ1) is 18.7. The van der Waals surface area contributed by atoms with Crippen LogP contribution < -0.4 is 10.1 Å². The number of nitrogens with one attached hydrogen (secondary N) is 2. The molecule has 198 valence electrons. The number of aromatic amines is 1. The summed E-state index contributed by atoms with van der Waals surface area (Å²) in [5.41, 5.74) is 4.59. The van der Waals surface area contributed by atoms with Crippen molar-refractivity contribution in [2.24, 2.45) is 5.92 Å². The Morgan fingerprint density at radius 3 is 2.66 bits per heavy atom. The van der Waals surface area contributed by atoms with Gasteiger partial charge < -0.3 is 19.7 Å². The normalized spacial score (nSPS) is 17.5. The number of rotatable bonds is 10. The van der Waals surface area contributed by atoms with Crippen molar-refractivity contribution in [1.29, 1.82) is 0 Å². The number of likely N-dealkylation sites (tertiary alicyclic amines) is 1. The van der Waals surface area contributed by atoms with E-state index in [-0.39, 0.29) is 18.1 Å². The Morgan fingerprint density at radius 2 is 1.95 bits per heavy atom. The van der Waals surface area contributed by atoms with Crippen molar-refractivity contribution in [1.82, 2.24) is 20.4 Å². The van der Waals surface area contributed by atoms with Gasteiger partial charge in [0.05, 0.1) is 23.9 Å². The lowest BCUT2D eigenvalue weighted by molar-refractivity contribution is 0.0797. The maximum atomic E-state index is 13.2. The van der Waals surface area contributed by atoms with Crippen LogP contribution in [0.1, 0.15) is 47.6 Å². The summed E-state index contributed by atoms with van der Waals surface area (Å²) in [7, 11) is 1.75. The van der Waals surface area contributed by atoms with E-state index in [1.165, 1.54) is 18.4 Å². The average Bonchev–Trinajstić information content (AvgIpc) is 3.47. The number of H-pyrrole nitrogens is 1. The maximum absolute atomic E-state index is 13.2. The van der Waals surface area contributed by atoms with Gasteiger partial charge in [-0.3, -0.25) is 9.89 Å². The van der Waals surface area contributed by atoms with Crippen LogP contribution in [0.4, 0.5) is 0 Å². The van der Waals surface area contributed by atoms with Crippen molar-refractivity contribution < 1.29 is 14.3 Å². The molecule has 1 saturated carbocycles. The number of hydrogen-bond donors (Lipinski definition) is 2. The minimum atomic E-state index is -0.0424. The van der Waals surface area contributed by atoms with Crippen LogP contribution in [-0.4, -0.2) is 60.5 Å². The van der Waals surface area contributed by atoms with E-state index < -0.39 is 0 Å². The second kappa shape index (κ2) is 11.3. The number of aromatic nitrogens is 2. The van der Waals surface area contributed by atoms with Gasteiger partial charge in [-0.1, -0.05) is 0 Å². The van der Waals surface area contributed by atoms with Crippen LogP contribution in [0.2, 0.25) is 0 Å². The lowest BCUT2D eigenvalue weighted by atomic mass is 10.0. The Hall–Kier alpha value is -3.20. The summed E-state index contributed by atoms with van der Waals surface area (Å²) in [6, 6.07) is 16.1. The van der Waals surface area contributed by atoms with E-state index in [4.69, 9.17) is 9.47 Å². The van der Waals surface area contributed by atoms with E-state index in [1.54, 1.807) is 18.4 Å². The Balaban J connectivity index is 1.13. The molecule has 1 saturated heterocycles. The quantitative estimate of drug-likeness (QED) is 0.277. The van der Waals surface area contributed by atoms with Gasteiger partial charge in [0.25, 0.3) is 5.91 Å². The zero-order chi connectivity index (χ0) is 25.9. The third-order valence-electron chi connectivity index (χ3n) is 7.68. The molecule has 1 aliphatic carbocycles. The van der Waals surface area contributed by atoms with Gasteiger partial charge in [0.1, 0.15) is 11.9 Å². The zero-order valence-corrected chi connectivity index (χ0v) is 22.5. The third kappa shape index (κ3) is 5.62. The number of piperidine rings is 1. The molecule has 3 heterocycles. The topological polar surface area (TPSA) is 79.5 Å². The molecule has 6 rings (SSSR count). The number of carbonyl (C=O) groups is 1. The fourth-order valence-corrected chi connectivity index (χ4v) is 6.01. The molecular weight excluding hydrogens is 496 g/mol. The monoisotopic (exact) mass is 530 g/mol. The molecule has 4 aromatic rings. The summed E-state index contributed by atoms with van der Waals surface area (Å²) in [5, 5.41) is 16.1. The number of fused-ring (bicyclic) bond motifs is 1.